The van der Waals surface area contributed by atoms with Gasteiger partial charge in [-0.3, -0.25) is 14.4 Å². The van der Waals surface area contributed by atoms with E-state index in [2.05, 4.69) is 10.6 Å². The number of benzene rings is 1. The predicted molar refractivity (Wildman–Crippen MR) is 95.9 cm³/mol. The smallest absolute Gasteiger partial charge is 0.242 e. The molecule has 6 nitrogen and oxygen atoms in total. The fourth-order valence-corrected chi connectivity index (χ4v) is 2.94. The van der Waals surface area contributed by atoms with E-state index in [0.717, 1.165) is 18.4 Å². The molecule has 1 heterocycles. The number of carbonyl (C=O) groups excluding carboxylic acids is 3. The van der Waals surface area contributed by atoms with Crippen molar-refractivity contribution in [2.24, 2.45) is 0 Å². The lowest BCUT2D eigenvalue weighted by Crippen LogP contribution is -2.48. The van der Waals surface area contributed by atoms with Crippen molar-refractivity contribution in [1.29, 1.82) is 0 Å². The van der Waals surface area contributed by atoms with Crippen molar-refractivity contribution >= 4 is 17.7 Å². The van der Waals surface area contributed by atoms with E-state index in [1.165, 1.54) is 0 Å². The van der Waals surface area contributed by atoms with E-state index in [1.807, 2.05) is 37.3 Å². The summed E-state index contributed by atoms with van der Waals surface area (Å²) in [6.45, 7) is 4.84. The maximum absolute atomic E-state index is 12.2. The number of rotatable bonds is 8. The Labute approximate surface area is 149 Å². The van der Waals surface area contributed by atoms with Crippen LogP contribution in [0.25, 0.3) is 0 Å². The molecule has 2 atom stereocenters. The first-order chi connectivity index (χ1) is 12.0. The van der Waals surface area contributed by atoms with Gasteiger partial charge in [0.15, 0.2) is 0 Å². The number of nitrogens with zero attached hydrogens (tertiary/aromatic N) is 1. The number of nitrogens with one attached hydrogen (secondary N) is 2. The molecule has 0 radical (unpaired) electrons. The predicted octanol–water partition coefficient (Wildman–Crippen LogP) is 1.42. The highest BCUT2D eigenvalue weighted by Gasteiger charge is 2.32. The molecule has 1 saturated heterocycles. The van der Waals surface area contributed by atoms with Crippen LogP contribution in [0.1, 0.15) is 44.6 Å². The molecule has 0 aliphatic carbocycles. The maximum atomic E-state index is 12.2. The van der Waals surface area contributed by atoms with Crippen molar-refractivity contribution in [2.75, 3.05) is 19.6 Å². The summed E-state index contributed by atoms with van der Waals surface area (Å²) in [6, 6.07) is 9.25. The fourth-order valence-electron chi connectivity index (χ4n) is 2.94. The van der Waals surface area contributed by atoms with Crippen LogP contribution in [0.4, 0.5) is 0 Å². The Hall–Kier alpha value is -2.37. The van der Waals surface area contributed by atoms with Crippen molar-refractivity contribution in [3.05, 3.63) is 35.9 Å². The van der Waals surface area contributed by atoms with Gasteiger partial charge in [0.2, 0.25) is 17.7 Å². The second-order valence-corrected chi connectivity index (χ2v) is 6.52. The second kappa shape index (κ2) is 9.20. The molecular weight excluding hydrogens is 318 g/mol. The lowest BCUT2D eigenvalue weighted by atomic mass is 9.99. The van der Waals surface area contributed by atoms with Crippen molar-refractivity contribution in [3.8, 4) is 0 Å². The van der Waals surface area contributed by atoms with E-state index < -0.39 is 6.04 Å². The Balaban J connectivity index is 1.80. The van der Waals surface area contributed by atoms with Gasteiger partial charge in [0, 0.05) is 25.4 Å². The zero-order valence-corrected chi connectivity index (χ0v) is 15.0. The molecule has 0 unspecified atom stereocenters. The minimum Gasteiger partial charge on any atom is -0.354 e. The highest BCUT2D eigenvalue weighted by Crippen LogP contribution is 2.27. The van der Waals surface area contributed by atoms with Gasteiger partial charge in [0.25, 0.3) is 0 Å². The van der Waals surface area contributed by atoms with E-state index in [9.17, 15) is 14.4 Å². The summed E-state index contributed by atoms with van der Waals surface area (Å²) in [5.41, 5.74) is 1.11. The van der Waals surface area contributed by atoms with Gasteiger partial charge in [-0.1, -0.05) is 43.7 Å². The number of hydrogen-bond acceptors (Lipinski definition) is 3. The highest BCUT2D eigenvalue weighted by atomic mass is 16.2. The Bertz CT molecular complexity index is 603. The Morgan fingerprint density at radius 1 is 1.28 bits per heavy atom. The molecule has 2 N–H and O–H groups in total. The van der Waals surface area contributed by atoms with Crippen LogP contribution in [0.3, 0.4) is 0 Å². The van der Waals surface area contributed by atoms with Gasteiger partial charge < -0.3 is 15.5 Å². The lowest BCUT2D eigenvalue weighted by Gasteiger charge is -2.19. The van der Waals surface area contributed by atoms with Gasteiger partial charge in [-0.05, 0) is 18.9 Å². The number of likely N-dealkylation sites (tertiary alicyclic amines) is 1. The van der Waals surface area contributed by atoms with E-state index in [-0.39, 0.29) is 30.2 Å². The van der Waals surface area contributed by atoms with Gasteiger partial charge in [-0.2, -0.15) is 0 Å². The third-order valence-corrected chi connectivity index (χ3v) is 4.42. The van der Waals surface area contributed by atoms with E-state index in [4.69, 9.17) is 0 Å². The molecule has 0 saturated carbocycles. The summed E-state index contributed by atoms with van der Waals surface area (Å²) in [5.74, 6) is -0.405. The average Bonchev–Trinajstić information content (AvgIpc) is 2.96. The molecule has 0 bridgehead atoms. The molecule has 1 fully saturated rings. The average molecular weight is 345 g/mol. The molecule has 0 aromatic heterocycles. The van der Waals surface area contributed by atoms with Crippen LogP contribution in [0.15, 0.2) is 30.3 Å². The van der Waals surface area contributed by atoms with Crippen LogP contribution in [0.2, 0.25) is 0 Å². The molecule has 25 heavy (non-hydrogen) atoms. The fraction of sp³-hybridized carbons (Fsp3) is 0.526. The largest absolute Gasteiger partial charge is 0.354 e. The lowest BCUT2D eigenvalue weighted by molar-refractivity contribution is -0.134. The molecule has 6 heteroatoms. The van der Waals surface area contributed by atoms with Crippen LogP contribution >= 0.6 is 0 Å². The summed E-state index contributed by atoms with van der Waals surface area (Å²) >= 11 is 0. The van der Waals surface area contributed by atoms with Crippen LogP contribution in [0.5, 0.6) is 0 Å². The SMILES string of the molecule is CCCCNC(=O)[C@@H](C)NC(=O)CN1C[C@H](c2ccccc2)CC1=O. The molecule has 1 aliphatic rings. The quantitative estimate of drug-likeness (QED) is 0.700. The summed E-state index contributed by atoms with van der Waals surface area (Å²) in [7, 11) is 0. The molecule has 136 valence electrons. The molecule has 1 aromatic rings. The summed E-state index contributed by atoms with van der Waals surface area (Å²) in [5, 5.41) is 5.45. The molecule has 2 rings (SSSR count). The monoisotopic (exact) mass is 345 g/mol. The van der Waals surface area contributed by atoms with Gasteiger partial charge in [-0.25, -0.2) is 0 Å². The van der Waals surface area contributed by atoms with Gasteiger partial charge in [-0.15, -0.1) is 0 Å². The normalized spacial score (nSPS) is 18.1. The Kier molecular flexibility index (Phi) is 6.98. The number of hydrogen-bond donors (Lipinski definition) is 2. The first kappa shape index (κ1) is 19.0. The standard InChI is InChI=1S/C19H27N3O3/c1-3-4-10-20-19(25)14(2)21-17(23)13-22-12-16(11-18(22)24)15-8-6-5-7-9-15/h5-9,14,16H,3-4,10-13H2,1-2H3,(H,20,25)(H,21,23)/t14-,16-/m1/s1. The maximum Gasteiger partial charge on any atom is 0.242 e. The Morgan fingerprint density at radius 3 is 2.68 bits per heavy atom. The minimum atomic E-state index is -0.605. The second-order valence-electron chi connectivity index (χ2n) is 6.52. The molecule has 3 amide bonds. The number of amides is 3. The van der Waals surface area contributed by atoms with Gasteiger partial charge in [0.1, 0.15) is 6.04 Å². The van der Waals surface area contributed by atoms with Crippen molar-refractivity contribution in [1.82, 2.24) is 15.5 Å². The zero-order valence-electron chi connectivity index (χ0n) is 15.0. The van der Waals surface area contributed by atoms with Crippen LogP contribution < -0.4 is 10.6 Å². The first-order valence-corrected chi connectivity index (χ1v) is 8.91. The molecule has 0 spiro atoms. The van der Waals surface area contributed by atoms with Gasteiger partial charge >= 0.3 is 0 Å². The molecule has 1 aliphatic heterocycles. The van der Waals surface area contributed by atoms with E-state index >= 15 is 0 Å². The highest BCUT2D eigenvalue weighted by molar-refractivity contribution is 5.90. The van der Waals surface area contributed by atoms with Gasteiger partial charge in [0.05, 0.1) is 6.54 Å². The number of unbranched alkanes of at least 4 members (excludes halogenated alkanes) is 1. The minimum absolute atomic E-state index is 0.00521. The van der Waals surface area contributed by atoms with Crippen LogP contribution in [0, 0.1) is 0 Å². The van der Waals surface area contributed by atoms with Crippen LogP contribution in [-0.2, 0) is 14.4 Å². The summed E-state index contributed by atoms with van der Waals surface area (Å²) in [4.78, 5) is 37.8. The van der Waals surface area contributed by atoms with Crippen molar-refractivity contribution in [3.63, 3.8) is 0 Å². The van der Waals surface area contributed by atoms with E-state index in [0.29, 0.717) is 19.5 Å². The van der Waals surface area contributed by atoms with Crippen LogP contribution in [-0.4, -0.2) is 48.3 Å². The third kappa shape index (κ3) is 5.59. The summed E-state index contributed by atoms with van der Waals surface area (Å²) in [6.07, 6.45) is 2.33. The molecule has 1 aromatic carbocycles. The zero-order chi connectivity index (χ0) is 18.2. The molecular formula is C19H27N3O3. The van der Waals surface area contributed by atoms with Crippen molar-refractivity contribution in [2.45, 2.75) is 45.1 Å². The summed E-state index contributed by atoms with van der Waals surface area (Å²) < 4.78 is 0. The topological polar surface area (TPSA) is 78.5 Å². The first-order valence-electron chi connectivity index (χ1n) is 8.91. The Morgan fingerprint density at radius 2 is 2.00 bits per heavy atom. The third-order valence-electron chi connectivity index (χ3n) is 4.42. The van der Waals surface area contributed by atoms with Crippen molar-refractivity contribution < 1.29 is 14.4 Å². The number of carbonyl (C=O) groups is 3. The van der Waals surface area contributed by atoms with E-state index in [1.54, 1.807) is 11.8 Å².